The number of nitrogens with zero attached hydrogens (tertiary/aromatic N) is 2. The maximum Gasteiger partial charge on any atom is 0.146 e. The minimum absolute atomic E-state index is 0.118. The Morgan fingerprint density at radius 1 is 1.03 bits per heavy atom. The molecule has 34 heavy (non-hydrogen) atoms. The highest BCUT2D eigenvalue weighted by atomic mass is 19.1. The normalized spacial score (nSPS) is 23.5. The number of piperidine rings is 1. The zero-order valence-electron chi connectivity index (χ0n) is 20.5. The van der Waals surface area contributed by atoms with Crippen molar-refractivity contribution in [3.8, 4) is 5.75 Å². The van der Waals surface area contributed by atoms with E-state index in [0.29, 0.717) is 57.9 Å². The Hall–Kier alpha value is -2.19. The average Bonchev–Trinajstić information content (AvgIpc) is 2.97. The second kappa shape index (κ2) is 10.2. The van der Waals surface area contributed by atoms with E-state index in [1.54, 1.807) is 12.1 Å². The molecule has 2 aliphatic rings. The monoisotopic (exact) mass is 472 g/mol. The van der Waals surface area contributed by atoms with Crippen molar-refractivity contribution in [3.05, 3.63) is 58.9 Å². The van der Waals surface area contributed by atoms with Crippen molar-refractivity contribution in [2.75, 3.05) is 57.4 Å². The molecule has 2 heterocycles. The maximum absolute atomic E-state index is 14.2. The van der Waals surface area contributed by atoms with E-state index in [1.807, 2.05) is 30.9 Å². The molecular weight excluding hydrogens is 435 g/mol. The fourth-order valence-electron chi connectivity index (χ4n) is 5.03. The summed E-state index contributed by atoms with van der Waals surface area (Å²) in [6, 6.07) is 10.9. The highest BCUT2D eigenvalue weighted by Crippen LogP contribution is 2.30. The number of hydrogen-bond donors (Lipinski definition) is 2. The molecule has 0 aromatic heterocycles. The minimum Gasteiger partial charge on any atom is -0.490 e. The molecule has 0 bridgehead atoms. The zero-order valence-corrected chi connectivity index (χ0v) is 20.5. The van der Waals surface area contributed by atoms with Gasteiger partial charge in [0.25, 0.3) is 0 Å². The average molecular weight is 473 g/mol. The van der Waals surface area contributed by atoms with Gasteiger partial charge in [0.05, 0.1) is 24.5 Å². The molecule has 186 valence electrons. The first-order valence-corrected chi connectivity index (χ1v) is 12.1. The molecule has 0 unspecified atom stereocenters. The van der Waals surface area contributed by atoms with Crippen molar-refractivity contribution in [1.82, 2.24) is 4.90 Å². The van der Waals surface area contributed by atoms with Gasteiger partial charge >= 0.3 is 0 Å². The van der Waals surface area contributed by atoms with Crippen LogP contribution in [0.1, 0.15) is 29.5 Å². The second-order valence-electron chi connectivity index (χ2n) is 10.1. The summed E-state index contributed by atoms with van der Waals surface area (Å²) in [5.41, 5.74) is 1.86. The van der Waals surface area contributed by atoms with Crippen LogP contribution >= 0.6 is 0 Å². The Kier molecular flexibility index (Phi) is 7.48. The number of benzene rings is 2. The third-order valence-corrected chi connectivity index (χ3v) is 7.11. The quantitative estimate of drug-likeness (QED) is 0.673. The number of rotatable bonds is 6. The molecule has 4 rings (SSSR count). The first-order chi connectivity index (χ1) is 16.2. The molecule has 2 saturated heterocycles. The van der Waals surface area contributed by atoms with E-state index in [4.69, 9.17) is 9.47 Å². The molecule has 2 aromatic rings. The van der Waals surface area contributed by atoms with E-state index < -0.39 is 11.2 Å². The van der Waals surface area contributed by atoms with E-state index in [-0.39, 0.29) is 19.0 Å². The summed E-state index contributed by atoms with van der Waals surface area (Å²) in [4.78, 5) is 4.06. The van der Waals surface area contributed by atoms with Gasteiger partial charge in [0.2, 0.25) is 0 Å². The molecule has 0 aliphatic carbocycles. The molecule has 0 spiro atoms. The van der Waals surface area contributed by atoms with Gasteiger partial charge < -0.3 is 24.6 Å². The van der Waals surface area contributed by atoms with Crippen LogP contribution in [0, 0.1) is 26.6 Å². The lowest BCUT2D eigenvalue weighted by atomic mass is 9.90. The maximum atomic E-state index is 14.2. The number of halogens is 1. The minimum atomic E-state index is -1.18. The standard InChI is InChI=1S/C27H37FN2O4/c1-20-14-21(2)22(3)25(15-20)34-19-27(32)17-29(12-13-33-18-27)16-26(31)8-10-30(11-9-26)24-7-5-4-6-23(24)28/h4-7,14-15,31-32H,8-13,16-19H2,1-3H3/t27-/m1/s1. The van der Waals surface area contributed by atoms with Gasteiger partial charge in [-0.3, -0.25) is 4.90 Å². The molecular formula is C27H37FN2O4. The molecule has 0 saturated carbocycles. The molecule has 7 heteroatoms. The summed E-state index contributed by atoms with van der Waals surface area (Å²) < 4.78 is 26.0. The van der Waals surface area contributed by atoms with Crippen LogP contribution < -0.4 is 9.64 Å². The zero-order chi connectivity index (χ0) is 24.3. The first-order valence-electron chi connectivity index (χ1n) is 12.1. The van der Waals surface area contributed by atoms with Crippen LogP contribution in [0.15, 0.2) is 36.4 Å². The van der Waals surface area contributed by atoms with Crippen molar-refractivity contribution in [2.45, 2.75) is 44.8 Å². The summed E-state index contributed by atoms with van der Waals surface area (Å²) in [6.45, 7) is 9.49. The smallest absolute Gasteiger partial charge is 0.146 e. The molecule has 2 N–H and O–H groups in total. The largest absolute Gasteiger partial charge is 0.490 e. The van der Waals surface area contributed by atoms with Crippen LogP contribution in [-0.2, 0) is 4.74 Å². The van der Waals surface area contributed by atoms with Gasteiger partial charge in [-0.2, -0.15) is 0 Å². The molecule has 1 atom stereocenters. The van der Waals surface area contributed by atoms with Crippen LogP contribution in [-0.4, -0.2) is 78.9 Å². The fourth-order valence-corrected chi connectivity index (χ4v) is 5.03. The number of anilines is 1. The highest BCUT2D eigenvalue weighted by Gasteiger charge is 2.39. The van der Waals surface area contributed by atoms with E-state index in [2.05, 4.69) is 17.9 Å². The molecule has 0 radical (unpaired) electrons. The van der Waals surface area contributed by atoms with Gasteiger partial charge in [-0.25, -0.2) is 4.39 Å². The number of ether oxygens (including phenoxy) is 2. The summed E-state index contributed by atoms with van der Waals surface area (Å²) in [5, 5.41) is 22.6. The topological polar surface area (TPSA) is 65.4 Å². The van der Waals surface area contributed by atoms with Gasteiger partial charge in [-0.1, -0.05) is 18.2 Å². The van der Waals surface area contributed by atoms with Crippen molar-refractivity contribution < 1.29 is 24.1 Å². The second-order valence-corrected chi connectivity index (χ2v) is 10.1. The van der Waals surface area contributed by atoms with Crippen LogP contribution in [0.4, 0.5) is 10.1 Å². The van der Waals surface area contributed by atoms with Gasteiger partial charge in [0.1, 0.15) is 23.8 Å². The van der Waals surface area contributed by atoms with Crippen molar-refractivity contribution in [3.63, 3.8) is 0 Å². The summed E-state index contributed by atoms with van der Waals surface area (Å²) in [7, 11) is 0. The van der Waals surface area contributed by atoms with Gasteiger partial charge in [-0.15, -0.1) is 0 Å². The Morgan fingerprint density at radius 3 is 2.50 bits per heavy atom. The van der Waals surface area contributed by atoms with E-state index in [9.17, 15) is 14.6 Å². The van der Waals surface area contributed by atoms with Gasteiger partial charge in [0.15, 0.2) is 0 Å². The Morgan fingerprint density at radius 2 is 1.76 bits per heavy atom. The lowest BCUT2D eigenvalue weighted by Gasteiger charge is -2.42. The number of para-hydroxylation sites is 1. The van der Waals surface area contributed by atoms with Crippen LogP contribution in [0.3, 0.4) is 0 Å². The van der Waals surface area contributed by atoms with Crippen molar-refractivity contribution in [1.29, 1.82) is 0 Å². The third-order valence-electron chi connectivity index (χ3n) is 7.11. The molecule has 2 fully saturated rings. The number of aryl methyl sites for hydroxylation is 2. The predicted octanol–water partition coefficient (Wildman–Crippen LogP) is 3.22. The summed E-state index contributed by atoms with van der Waals surface area (Å²) in [6.07, 6.45) is 1.07. The number of aliphatic hydroxyl groups is 2. The Bertz CT molecular complexity index is 993. The molecule has 6 nitrogen and oxygen atoms in total. The van der Waals surface area contributed by atoms with E-state index >= 15 is 0 Å². The molecule has 2 aliphatic heterocycles. The van der Waals surface area contributed by atoms with Crippen molar-refractivity contribution in [2.24, 2.45) is 0 Å². The van der Waals surface area contributed by atoms with E-state index in [0.717, 1.165) is 22.4 Å². The fraction of sp³-hybridized carbons (Fsp3) is 0.556. The van der Waals surface area contributed by atoms with Crippen molar-refractivity contribution >= 4 is 5.69 Å². The van der Waals surface area contributed by atoms with Crippen LogP contribution in [0.25, 0.3) is 0 Å². The lowest BCUT2D eigenvalue weighted by molar-refractivity contribution is -0.0743. The number of β-amino-alcohol motifs (C(OH)–C–C–N with tert-alkyl or cyclic N) is 2. The Balaban J connectivity index is 1.37. The third kappa shape index (κ3) is 5.89. The predicted molar refractivity (Wildman–Crippen MR) is 131 cm³/mol. The highest BCUT2D eigenvalue weighted by molar-refractivity contribution is 5.48. The number of hydrogen-bond acceptors (Lipinski definition) is 6. The lowest BCUT2D eigenvalue weighted by Crippen LogP contribution is -2.55. The molecule has 2 aromatic carbocycles. The summed E-state index contributed by atoms with van der Waals surface area (Å²) in [5.74, 6) is 0.544. The molecule has 0 amide bonds. The van der Waals surface area contributed by atoms with E-state index in [1.165, 1.54) is 6.07 Å². The van der Waals surface area contributed by atoms with Gasteiger partial charge in [0, 0.05) is 32.7 Å². The summed E-state index contributed by atoms with van der Waals surface area (Å²) >= 11 is 0. The first kappa shape index (κ1) is 24.9. The SMILES string of the molecule is Cc1cc(C)c(C)c(OC[C@]2(O)COCCN(CC3(O)CCN(c4ccccc4F)CC3)C2)c1. The Labute approximate surface area is 201 Å². The van der Waals surface area contributed by atoms with Crippen LogP contribution in [0.5, 0.6) is 5.75 Å². The van der Waals surface area contributed by atoms with Gasteiger partial charge in [-0.05, 0) is 68.5 Å². The van der Waals surface area contributed by atoms with Crippen LogP contribution in [0.2, 0.25) is 0 Å².